The van der Waals surface area contributed by atoms with Crippen molar-refractivity contribution in [3.8, 4) is 0 Å². The van der Waals surface area contributed by atoms with Gasteiger partial charge in [0.25, 0.3) is 0 Å². The smallest absolute Gasteiger partial charge is 0.309 e. The molecule has 0 aliphatic rings. The molecule has 0 rings (SSSR count). The maximum atomic E-state index is 12.7. The van der Waals surface area contributed by atoms with Crippen LogP contribution in [0.5, 0.6) is 0 Å². The highest BCUT2D eigenvalue weighted by molar-refractivity contribution is 7.53. The predicted octanol–water partition coefficient (Wildman–Crippen LogP) is 4.16. The lowest BCUT2D eigenvalue weighted by atomic mass is 10.1. The van der Waals surface area contributed by atoms with E-state index in [4.69, 9.17) is 0 Å². The van der Waals surface area contributed by atoms with Crippen LogP contribution in [-0.4, -0.2) is 13.3 Å². The molecule has 0 amide bonds. The van der Waals surface area contributed by atoms with Crippen molar-refractivity contribution in [1.82, 2.24) is 0 Å². The first kappa shape index (κ1) is 13.1. The third-order valence-corrected chi connectivity index (χ3v) is 3.45. The van der Waals surface area contributed by atoms with Crippen molar-refractivity contribution in [2.24, 2.45) is 0 Å². The van der Waals surface area contributed by atoms with Crippen LogP contribution in [-0.2, 0) is 9.09 Å². The number of unbranched alkanes of at least 4 members (excludes halogenated alkanes) is 5. The van der Waals surface area contributed by atoms with Crippen molar-refractivity contribution in [3.63, 3.8) is 0 Å². The Labute approximate surface area is 80.4 Å². The van der Waals surface area contributed by atoms with Crippen LogP contribution in [0.2, 0.25) is 0 Å². The molecule has 0 aliphatic heterocycles. The molecular formula is C9H20FO2P. The van der Waals surface area contributed by atoms with Gasteiger partial charge in [-0.15, -0.1) is 0 Å². The molecule has 0 fully saturated rings. The van der Waals surface area contributed by atoms with Gasteiger partial charge in [0.05, 0.1) is 6.16 Å². The molecule has 0 saturated heterocycles. The van der Waals surface area contributed by atoms with E-state index in [1.165, 1.54) is 19.3 Å². The van der Waals surface area contributed by atoms with Gasteiger partial charge < -0.3 is 4.52 Å². The topological polar surface area (TPSA) is 26.3 Å². The Morgan fingerprint density at radius 3 is 2.23 bits per heavy atom. The lowest BCUT2D eigenvalue weighted by Crippen LogP contribution is -1.88. The minimum atomic E-state index is -3.73. The van der Waals surface area contributed by atoms with E-state index >= 15 is 0 Å². The summed E-state index contributed by atoms with van der Waals surface area (Å²) in [6.45, 7) is 2.15. The molecule has 1 atom stereocenters. The summed E-state index contributed by atoms with van der Waals surface area (Å²) < 4.78 is 27.8. The predicted molar refractivity (Wildman–Crippen MR) is 54.0 cm³/mol. The highest BCUT2D eigenvalue weighted by atomic mass is 31.2. The average molecular weight is 210 g/mol. The zero-order valence-electron chi connectivity index (χ0n) is 8.59. The summed E-state index contributed by atoms with van der Waals surface area (Å²) in [4.78, 5) is 0. The number of halogens is 1. The fraction of sp³-hybridized carbons (Fsp3) is 1.00. The highest BCUT2D eigenvalue weighted by Gasteiger charge is 2.18. The van der Waals surface area contributed by atoms with Crippen molar-refractivity contribution < 1.29 is 13.3 Å². The van der Waals surface area contributed by atoms with E-state index in [-0.39, 0.29) is 6.16 Å². The molecule has 1 unspecified atom stereocenters. The largest absolute Gasteiger partial charge is 0.367 e. The first-order valence-corrected chi connectivity index (χ1v) is 6.67. The molecule has 0 saturated carbocycles. The minimum absolute atomic E-state index is 0.0790. The van der Waals surface area contributed by atoms with Crippen LogP contribution in [0.15, 0.2) is 0 Å². The first-order chi connectivity index (χ1) is 6.12. The van der Waals surface area contributed by atoms with Gasteiger partial charge in [-0.3, -0.25) is 4.57 Å². The van der Waals surface area contributed by atoms with E-state index < -0.39 is 7.68 Å². The number of rotatable bonds is 8. The van der Waals surface area contributed by atoms with Crippen LogP contribution in [0.1, 0.15) is 45.4 Å². The molecule has 80 valence electrons. The molecule has 0 radical (unpaired) electrons. The Kier molecular flexibility index (Phi) is 7.59. The fourth-order valence-corrected chi connectivity index (χ4v) is 1.96. The summed E-state index contributed by atoms with van der Waals surface area (Å²) in [6.07, 6.45) is 6.45. The second kappa shape index (κ2) is 7.52. The number of hydrogen-bond donors (Lipinski definition) is 0. The molecular weight excluding hydrogens is 190 g/mol. The molecule has 0 spiro atoms. The van der Waals surface area contributed by atoms with E-state index in [1.54, 1.807) is 0 Å². The molecule has 0 heterocycles. The lowest BCUT2D eigenvalue weighted by Gasteiger charge is -2.05. The molecule has 2 nitrogen and oxygen atoms in total. The van der Waals surface area contributed by atoms with Crippen molar-refractivity contribution >= 4 is 7.68 Å². The van der Waals surface area contributed by atoms with Gasteiger partial charge in [0.1, 0.15) is 0 Å². The molecule has 0 aromatic heterocycles. The highest BCUT2D eigenvalue weighted by Crippen LogP contribution is 2.48. The van der Waals surface area contributed by atoms with Crippen LogP contribution in [0.3, 0.4) is 0 Å². The van der Waals surface area contributed by atoms with Crippen molar-refractivity contribution in [1.29, 1.82) is 0 Å². The van der Waals surface area contributed by atoms with E-state index in [0.29, 0.717) is 6.42 Å². The summed E-state index contributed by atoms with van der Waals surface area (Å²) >= 11 is 0. The summed E-state index contributed by atoms with van der Waals surface area (Å²) in [5, 5.41) is 0. The fourth-order valence-electron chi connectivity index (χ4n) is 1.17. The van der Waals surface area contributed by atoms with E-state index in [2.05, 4.69) is 11.4 Å². The Hall–Kier alpha value is 0.120. The van der Waals surface area contributed by atoms with Gasteiger partial charge >= 0.3 is 7.68 Å². The maximum Gasteiger partial charge on any atom is 0.367 e. The molecule has 0 aromatic rings. The quantitative estimate of drug-likeness (QED) is 0.444. The van der Waals surface area contributed by atoms with Gasteiger partial charge in [0, 0.05) is 7.11 Å². The summed E-state index contributed by atoms with van der Waals surface area (Å²) in [6, 6.07) is 0. The van der Waals surface area contributed by atoms with Gasteiger partial charge in [0.15, 0.2) is 0 Å². The number of hydrogen-bond acceptors (Lipinski definition) is 2. The average Bonchev–Trinajstić information content (AvgIpc) is 2.11. The molecule has 0 aromatic carbocycles. The summed E-state index contributed by atoms with van der Waals surface area (Å²) in [5.41, 5.74) is 0. The standard InChI is InChI=1S/C9H20FO2P/c1-3-4-5-6-7-8-9-13(10,11)12-2/h3-9H2,1-2H3. The Morgan fingerprint density at radius 2 is 1.69 bits per heavy atom. The van der Waals surface area contributed by atoms with E-state index in [0.717, 1.165) is 20.0 Å². The van der Waals surface area contributed by atoms with Crippen LogP contribution in [0.25, 0.3) is 0 Å². The van der Waals surface area contributed by atoms with Gasteiger partial charge in [-0.25, -0.2) is 0 Å². The summed E-state index contributed by atoms with van der Waals surface area (Å²) in [7, 11) is -2.56. The van der Waals surface area contributed by atoms with Crippen molar-refractivity contribution in [3.05, 3.63) is 0 Å². The van der Waals surface area contributed by atoms with Crippen LogP contribution in [0, 0.1) is 0 Å². The van der Waals surface area contributed by atoms with Crippen LogP contribution >= 0.6 is 7.68 Å². The molecule has 0 bridgehead atoms. The molecule has 4 heteroatoms. The normalized spacial score (nSPS) is 15.6. The maximum absolute atomic E-state index is 12.7. The van der Waals surface area contributed by atoms with Crippen LogP contribution in [0.4, 0.5) is 4.20 Å². The third-order valence-electron chi connectivity index (χ3n) is 2.05. The zero-order valence-corrected chi connectivity index (χ0v) is 9.49. The minimum Gasteiger partial charge on any atom is -0.309 e. The van der Waals surface area contributed by atoms with Crippen LogP contribution < -0.4 is 0 Å². The van der Waals surface area contributed by atoms with Crippen molar-refractivity contribution in [2.75, 3.05) is 13.3 Å². The monoisotopic (exact) mass is 210 g/mol. The zero-order chi connectivity index (χ0) is 10.2. The van der Waals surface area contributed by atoms with Gasteiger partial charge in [-0.1, -0.05) is 39.0 Å². The van der Waals surface area contributed by atoms with Crippen molar-refractivity contribution in [2.45, 2.75) is 45.4 Å². The SMILES string of the molecule is CCCCCCCCP(=O)(F)OC. The first-order valence-electron chi connectivity index (χ1n) is 4.97. The molecule has 0 aliphatic carbocycles. The van der Waals surface area contributed by atoms with E-state index in [9.17, 15) is 8.76 Å². The lowest BCUT2D eigenvalue weighted by molar-refractivity contribution is 0.354. The van der Waals surface area contributed by atoms with Gasteiger partial charge in [-0.2, -0.15) is 4.20 Å². The second-order valence-corrected chi connectivity index (χ2v) is 5.26. The van der Waals surface area contributed by atoms with Gasteiger partial charge in [0.2, 0.25) is 0 Å². The Bertz CT molecular complexity index is 162. The third kappa shape index (κ3) is 8.45. The van der Waals surface area contributed by atoms with E-state index in [1.807, 2.05) is 0 Å². The van der Waals surface area contributed by atoms with Gasteiger partial charge in [-0.05, 0) is 6.42 Å². The second-order valence-electron chi connectivity index (χ2n) is 3.26. The molecule has 0 N–H and O–H groups in total. The Morgan fingerprint density at radius 1 is 1.15 bits per heavy atom. The summed E-state index contributed by atoms with van der Waals surface area (Å²) in [5.74, 6) is 0. The molecule has 13 heavy (non-hydrogen) atoms. The Balaban J connectivity index is 3.21.